The van der Waals surface area contributed by atoms with E-state index in [-0.39, 0.29) is 6.61 Å². The van der Waals surface area contributed by atoms with Gasteiger partial charge in [0, 0.05) is 23.9 Å². The van der Waals surface area contributed by atoms with Gasteiger partial charge in [0.05, 0.1) is 5.71 Å². The number of carboxylic acid groups (broad SMARTS) is 1. The number of hydrogen-bond acceptors (Lipinski definition) is 5. The number of allylic oxidation sites excluding steroid dienone is 1. The number of fused-ring (bicyclic) bond motifs is 1. The van der Waals surface area contributed by atoms with Crippen LogP contribution in [0.1, 0.15) is 55.2 Å². The fourth-order valence-electron chi connectivity index (χ4n) is 4.64. The molecule has 0 aliphatic heterocycles. The number of rotatable bonds is 8. The van der Waals surface area contributed by atoms with Crippen LogP contribution in [0.15, 0.2) is 59.5 Å². The Bertz CT molecular complexity index is 979. The van der Waals surface area contributed by atoms with Crippen molar-refractivity contribution >= 4 is 11.7 Å². The lowest BCUT2D eigenvalue weighted by molar-refractivity contribution is -0.139. The Morgan fingerprint density at radius 2 is 2.03 bits per heavy atom. The van der Waals surface area contributed by atoms with E-state index in [4.69, 9.17) is 14.7 Å². The average Bonchev–Trinajstić information content (AvgIpc) is 2.83. The normalized spacial score (nSPS) is 18.2. The molecule has 32 heavy (non-hydrogen) atoms. The third-order valence-corrected chi connectivity index (χ3v) is 6.25. The molecule has 0 unspecified atom stereocenters. The lowest BCUT2D eigenvalue weighted by Gasteiger charge is -2.23. The molecule has 168 valence electrons. The molecule has 2 aliphatic rings. The van der Waals surface area contributed by atoms with Crippen LogP contribution in [0.2, 0.25) is 0 Å². The Balaban J connectivity index is 1.40. The SMILES string of the molecule is O=C(O)COc1cccc2c1CCC(=CCON=C(c1cccnc1)C1CCCCC1)C2. The quantitative estimate of drug-likeness (QED) is 0.275. The van der Waals surface area contributed by atoms with Crippen LogP contribution in [0.5, 0.6) is 5.75 Å². The molecule has 1 N–H and O–H groups in total. The lowest BCUT2D eigenvalue weighted by Crippen LogP contribution is -2.19. The lowest BCUT2D eigenvalue weighted by atomic mass is 9.84. The van der Waals surface area contributed by atoms with E-state index in [0.29, 0.717) is 18.3 Å². The summed E-state index contributed by atoms with van der Waals surface area (Å²) in [5.74, 6) is 0.153. The van der Waals surface area contributed by atoms with Gasteiger partial charge in [-0.15, -0.1) is 0 Å². The highest BCUT2D eigenvalue weighted by Crippen LogP contribution is 2.32. The molecule has 1 aromatic heterocycles. The summed E-state index contributed by atoms with van der Waals surface area (Å²) in [5.41, 5.74) is 5.68. The Morgan fingerprint density at radius 1 is 1.16 bits per heavy atom. The first-order valence-electron chi connectivity index (χ1n) is 11.4. The van der Waals surface area contributed by atoms with E-state index in [1.54, 1.807) is 6.20 Å². The van der Waals surface area contributed by atoms with Crippen molar-refractivity contribution in [1.82, 2.24) is 4.98 Å². The molecule has 0 saturated heterocycles. The van der Waals surface area contributed by atoms with Gasteiger partial charge in [-0.05, 0) is 67.5 Å². The van der Waals surface area contributed by atoms with Crippen LogP contribution in [-0.2, 0) is 22.5 Å². The van der Waals surface area contributed by atoms with Gasteiger partial charge in [-0.3, -0.25) is 4.98 Å². The maximum atomic E-state index is 10.8. The summed E-state index contributed by atoms with van der Waals surface area (Å²) in [6.45, 7) is 0.127. The first-order valence-corrected chi connectivity index (χ1v) is 11.4. The number of aromatic nitrogens is 1. The van der Waals surface area contributed by atoms with Gasteiger partial charge in [-0.2, -0.15) is 0 Å². The molecule has 0 radical (unpaired) electrons. The highest BCUT2D eigenvalue weighted by molar-refractivity contribution is 6.01. The minimum Gasteiger partial charge on any atom is -0.482 e. The van der Waals surface area contributed by atoms with Gasteiger partial charge in [0.1, 0.15) is 12.4 Å². The fraction of sp³-hybridized carbons (Fsp3) is 0.423. The molecule has 2 aliphatic carbocycles. The predicted octanol–water partition coefficient (Wildman–Crippen LogP) is 4.96. The van der Waals surface area contributed by atoms with Gasteiger partial charge in [-0.1, -0.05) is 42.1 Å². The summed E-state index contributed by atoms with van der Waals surface area (Å²) in [6, 6.07) is 9.86. The second kappa shape index (κ2) is 10.9. The van der Waals surface area contributed by atoms with Gasteiger partial charge in [0.2, 0.25) is 0 Å². The van der Waals surface area contributed by atoms with Crippen LogP contribution < -0.4 is 4.74 Å². The summed E-state index contributed by atoms with van der Waals surface area (Å²) in [4.78, 5) is 20.9. The monoisotopic (exact) mass is 434 g/mol. The van der Waals surface area contributed by atoms with Crippen molar-refractivity contribution in [3.63, 3.8) is 0 Å². The van der Waals surface area contributed by atoms with Gasteiger partial charge in [0.15, 0.2) is 6.61 Å². The number of aliphatic carboxylic acids is 1. The number of oxime groups is 1. The molecule has 1 heterocycles. The highest BCUT2D eigenvalue weighted by atomic mass is 16.6. The summed E-state index contributed by atoms with van der Waals surface area (Å²) >= 11 is 0. The molecule has 0 spiro atoms. The second-order valence-electron chi connectivity index (χ2n) is 8.46. The molecule has 6 heteroatoms. The van der Waals surface area contributed by atoms with Crippen LogP contribution in [0.3, 0.4) is 0 Å². The van der Waals surface area contributed by atoms with Gasteiger partial charge < -0.3 is 14.7 Å². The van der Waals surface area contributed by atoms with Crippen molar-refractivity contribution in [3.8, 4) is 5.75 Å². The number of carboxylic acids is 1. The zero-order chi connectivity index (χ0) is 22.2. The summed E-state index contributed by atoms with van der Waals surface area (Å²) < 4.78 is 5.46. The number of benzene rings is 1. The molecule has 2 aromatic rings. The molecule has 1 aromatic carbocycles. The van der Waals surface area contributed by atoms with Crippen molar-refractivity contribution in [2.75, 3.05) is 13.2 Å². The van der Waals surface area contributed by atoms with Crippen LogP contribution in [0.4, 0.5) is 0 Å². The smallest absolute Gasteiger partial charge is 0.341 e. The van der Waals surface area contributed by atoms with E-state index < -0.39 is 5.97 Å². The van der Waals surface area contributed by atoms with Crippen molar-refractivity contribution in [2.45, 2.75) is 51.4 Å². The summed E-state index contributed by atoms with van der Waals surface area (Å²) in [7, 11) is 0. The van der Waals surface area contributed by atoms with Gasteiger partial charge >= 0.3 is 5.97 Å². The zero-order valence-electron chi connectivity index (χ0n) is 18.3. The van der Waals surface area contributed by atoms with E-state index in [9.17, 15) is 4.79 Å². The maximum absolute atomic E-state index is 10.8. The number of ether oxygens (including phenoxy) is 1. The third kappa shape index (κ3) is 5.75. The Labute approximate surface area is 189 Å². The van der Waals surface area contributed by atoms with Crippen molar-refractivity contribution in [2.24, 2.45) is 11.1 Å². The second-order valence-corrected chi connectivity index (χ2v) is 8.46. The summed E-state index contributed by atoms with van der Waals surface area (Å²) in [6.07, 6.45) is 14.4. The molecule has 1 fully saturated rings. The standard InChI is InChI=1S/C26H30N2O4/c29-25(30)18-31-24-10-4-8-21-16-19(11-12-23(21)24)13-15-32-28-26(20-6-2-1-3-7-20)22-9-5-14-27-17-22/h4-5,8-10,13-14,17,20H,1-3,6-7,11-12,15-16,18H2,(H,29,30). The van der Waals surface area contributed by atoms with E-state index in [1.165, 1.54) is 30.4 Å². The molecule has 4 rings (SSSR count). The highest BCUT2D eigenvalue weighted by Gasteiger charge is 2.22. The fourth-order valence-corrected chi connectivity index (χ4v) is 4.64. The van der Waals surface area contributed by atoms with E-state index in [0.717, 1.165) is 48.9 Å². The maximum Gasteiger partial charge on any atom is 0.341 e. The minimum absolute atomic E-state index is 0.314. The molecule has 6 nitrogen and oxygen atoms in total. The van der Waals surface area contributed by atoms with E-state index in [2.05, 4.69) is 28.3 Å². The third-order valence-electron chi connectivity index (χ3n) is 6.25. The number of carbonyl (C=O) groups is 1. The van der Waals surface area contributed by atoms with E-state index in [1.807, 2.05) is 24.4 Å². The predicted molar refractivity (Wildman–Crippen MR) is 123 cm³/mol. The van der Waals surface area contributed by atoms with Crippen LogP contribution in [0.25, 0.3) is 0 Å². The molecular weight excluding hydrogens is 404 g/mol. The summed E-state index contributed by atoms with van der Waals surface area (Å²) in [5, 5.41) is 13.4. The van der Waals surface area contributed by atoms with Crippen molar-refractivity contribution in [1.29, 1.82) is 0 Å². The Kier molecular flexibility index (Phi) is 7.54. The number of hydrogen-bond donors (Lipinski definition) is 1. The molecule has 0 bridgehead atoms. The minimum atomic E-state index is -0.962. The zero-order valence-corrected chi connectivity index (χ0v) is 18.3. The number of pyridine rings is 1. The van der Waals surface area contributed by atoms with Gasteiger partial charge in [0.25, 0.3) is 0 Å². The van der Waals surface area contributed by atoms with Crippen LogP contribution in [-0.4, -0.2) is 35.0 Å². The topological polar surface area (TPSA) is 81.0 Å². The largest absolute Gasteiger partial charge is 0.482 e. The van der Waals surface area contributed by atoms with Gasteiger partial charge in [-0.25, -0.2) is 4.79 Å². The molecular formula is C26H30N2O4. The number of nitrogens with zero attached hydrogens (tertiary/aromatic N) is 2. The Hall–Kier alpha value is -3.15. The average molecular weight is 435 g/mol. The van der Waals surface area contributed by atoms with Crippen LogP contribution >= 0.6 is 0 Å². The van der Waals surface area contributed by atoms with Crippen molar-refractivity contribution in [3.05, 3.63) is 71.1 Å². The molecule has 0 atom stereocenters. The van der Waals surface area contributed by atoms with E-state index >= 15 is 0 Å². The Morgan fingerprint density at radius 3 is 2.81 bits per heavy atom. The first-order chi connectivity index (χ1) is 15.7. The van der Waals surface area contributed by atoms with Crippen molar-refractivity contribution < 1.29 is 19.5 Å². The van der Waals surface area contributed by atoms with Crippen LogP contribution in [0, 0.1) is 5.92 Å². The molecule has 0 amide bonds. The molecule has 1 saturated carbocycles. The first kappa shape index (κ1) is 22.1.